The lowest BCUT2D eigenvalue weighted by Crippen LogP contribution is -2.16. The van der Waals surface area contributed by atoms with Crippen LogP contribution in [0.1, 0.15) is 36.9 Å². The molecule has 4 heteroatoms. The van der Waals surface area contributed by atoms with Gasteiger partial charge in [-0.1, -0.05) is 17.7 Å². The van der Waals surface area contributed by atoms with E-state index in [1.807, 2.05) is 6.92 Å². The summed E-state index contributed by atoms with van der Waals surface area (Å²) in [5.74, 6) is 0. The molecule has 0 aliphatic carbocycles. The summed E-state index contributed by atoms with van der Waals surface area (Å²) in [5.41, 5.74) is 1.33. The van der Waals surface area contributed by atoms with Crippen LogP contribution in [0.4, 0.5) is 13.2 Å². The summed E-state index contributed by atoms with van der Waals surface area (Å²) in [5, 5.41) is 3.11. The van der Waals surface area contributed by atoms with Gasteiger partial charge in [0.2, 0.25) is 0 Å². The third kappa shape index (κ3) is 4.18. The first-order chi connectivity index (χ1) is 8.34. The van der Waals surface area contributed by atoms with Gasteiger partial charge in [0, 0.05) is 6.04 Å². The molecule has 1 aromatic carbocycles. The average Bonchev–Trinajstić information content (AvgIpc) is 2.29. The maximum Gasteiger partial charge on any atom is 0.416 e. The highest BCUT2D eigenvalue weighted by Gasteiger charge is 2.30. The number of nitrogens with one attached hydrogen (secondary N) is 1. The molecule has 1 unspecified atom stereocenters. The standard InChI is InChI=1S/C14H18F3N/c1-10(2)4-9-13(18-3)11-5-7-12(8-6-11)14(15,16)17/h5-8,13,18H,1,4,9H2,2-3H3. The molecule has 0 radical (unpaired) electrons. The molecule has 0 amide bonds. The summed E-state index contributed by atoms with van der Waals surface area (Å²) in [6, 6.07) is 5.37. The summed E-state index contributed by atoms with van der Waals surface area (Å²) in [7, 11) is 1.81. The van der Waals surface area contributed by atoms with Crippen molar-refractivity contribution in [1.82, 2.24) is 5.32 Å². The SMILES string of the molecule is C=C(C)CCC(NC)c1ccc(C(F)(F)F)cc1. The Morgan fingerprint density at radius 1 is 1.28 bits per heavy atom. The first-order valence-electron chi connectivity index (χ1n) is 5.83. The van der Waals surface area contributed by atoms with Crippen LogP contribution in [0.2, 0.25) is 0 Å². The van der Waals surface area contributed by atoms with Gasteiger partial charge in [-0.05, 0) is 44.5 Å². The van der Waals surface area contributed by atoms with E-state index >= 15 is 0 Å². The summed E-state index contributed by atoms with van der Waals surface area (Å²) >= 11 is 0. The molecule has 0 aromatic heterocycles. The molecule has 0 aliphatic rings. The Morgan fingerprint density at radius 3 is 2.22 bits per heavy atom. The van der Waals surface area contributed by atoms with Crippen LogP contribution >= 0.6 is 0 Å². The van der Waals surface area contributed by atoms with E-state index in [-0.39, 0.29) is 6.04 Å². The number of benzene rings is 1. The van der Waals surface area contributed by atoms with Gasteiger partial charge in [-0.15, -0.1) is 6.58 Å². The molecule has 1 aromatic rings. The van der Waals surface area contributed by atoms with E-state index in [1.165, 1.54) is 12.1 Å². The second kappa shape index (κ2) is 6.05. The summed E-state index contributed by atoms with van der Waals surface area (Å²) in [4.78, 5) is 0. The van der Waals surface area contributed by atoms with Crippen LogP contribution in [0.15, 0.2) is 36.4 Å². The second-order valence-corrected chi connectivity index (χ2v) is 4.46. The van der Waals surface area contributed by atoms with Crippen LogP contribution in [0.25, 0.3) is 0 Å². The zero-order valence-corrected chi connectivity index (χ0v) is 10.6. The summed E-state index contributed by atoms with van der Waals surface area (Å²) in [6.45, 7) is 5.77. The van der Waals surface area contributed by atoms with Crippen molar-refractivity contribution in [2.45, 2.75) is 32.0 Å². The molecule has 0 spiro atoms. The minimum absolute atomic E-state index is 0.0592. The van der Waals surface area contributed by atoms with Gasteiger partial charge in [-0.3, -0.25) is 0 Å². The number of halogens is 3. The molecule has 100 valence electrons. The number of hydrogen-bond donors (Lipinski definition) is 1. The van der Waals surface area contributed by atoms with Gasteiger partial charge < -0.3 is 5.32 Å². The molecule has 1 atom stereocenters. The van der Waals surface area contributed by atoms with Gasteiger partial charge in [0.1, 0.15) is 0 Å². The molecule has 0 aliphatic heterocycles. The van der Waals surface area contributed by atoms with Gasteiger partial charge in [-0.25, -0.2) is 0 Å². The van der Waals surface area contributed by atoms with Crippen LogP contribution in [-0.4, -0.2) is 7.05 Å². The number of alkyl halides is 3. The molecule has 0 fully saturated rings. The quantitative estimate of drug-likeness (QED) is 0.774. The Kier molecular flexibility index (Phi) is 4.96. The van der Waals surface area contributed by atoms with Gasteiger partial charge in [0.05, 0.1) is 5.56 Å². The molecule has 0 bridgehead atoms. The second-order valence-electron chi connectivity index (χ2n) is 4.46. The minimum atomic E-state index is -4.27. The number of hydrogen-bond acceptors (Lipinski definition) is 1. The average molecular weight is 257 g/mol. The molecular formula is C14H18F3N. The van der Waals surface area contributed by atoms with E-state index in [1.54, 1.807) is 7.05 Å². The molecular weight excluding hydrogens is 239 g/mol. The summed E-state index contributed by atoms with van der Waals surface area (Å²) in [6.07, 6.45) is -2.59. The predicted octanol–water partition coefficient (Wildman–Crippen LogP) is 4.32. The minimum Gasteiger partial charge on any atom is -0.313 e. The van der Waals surface area contributed by atoms with Crippen LogP contribution in [0, 0.1) is 0 Å². The largest absolute Gasteiger partial charge is 0.416 e. The van der Waals surface area contributed by atoms with Crippen molar-refractivity contribution in [3.05, 3.63) is 47.5 Å². The van der Waals surface area contributed by atoms with Gasteiger partial charge in [-0.2, -0.15) is 13.2 Å². The number of rotatable bonds is 5. The molecule has 1 nitrogen and oxygen atoms in total. The maximum atomic E-state index is 12.4. The Hall–Kier alpha value is -1.29. The van der Waals surface area contributed by atoms with Crippen LogP contribution in [0.5, 0.6) is 0 Å². The third-order valence-corrected chi connectivity index (χ3v) is 2.85. The third-order valence-electron chi connectivity index (χ3n) is 2.85. The van der Waals surface area contributed by atoms with Crippen LogP contribution < -0.4 is 5.32 Å². The van der Waals surface area contributed by atoms with E-state index in [9.17, 15) is 13.2 Å². The van der Waals surface area contributed by atoms with Crippen molar-refractivity contribution in [2.75, 3.05) is 7.05 Å². The topological polar surface area (TPSA) is 12.0 Å². The first-order valence-corrected chi connectivity index (χ1v) is 5.83. The Bertz CT molecular complexity index is 392. The fourth-order valence-electron chi connectivity index (χ4n) is 1.77. The van der Waals surface area contributed by atoms with Crippen molar-refractivity contribution >= 4 is 0 Å². The first kappa shape index (κ1) is 14.8. The van der Waals surface area contributed by atoms with E-state index in [0.717, 1.165) is 36.1 Å². The molecule has 0 saturated heterocycles. The zero-order valence-electron chi connectivity index (χ0n) is 10.6. The highest BCUT2D eigenvalue weighted by Crippen LogP contribution is 2.30. The lowest BCUT2D eigenvalue weighted by atomic mass is 9.99. The molecule has 1 N–H and O–H groups in total. The van der Waals surface area contributed by atoms with Crippen LogP contribution in [0.3, 0.4) is 0 Å². The van der Waals surface area contributed by atoms with Gasteiger partial charge >= 0.3 is 6.18 Å². The van der Waals surface area contributed by atoms with E-state index < -0.39 is 11.7 Å². The lowest BCUT2D eigenvalue weighted by molar-refractivity contribution is -0.137. The van der Waals surface area contributed by atoms with Gasteiger partial charge in [0.25, 0.3) is 0 Å². The van der Waals surface area contributed by atoms with Crippen molar-refractivity contribution in [3.63, 3.8) is 0 Å². The van der Waals surface area contributed by atoms with Crippen molar-refractivity contribution in [2.24, 2.45) is 0 Å². The monoisotopic (exact) mass is 257 g/mol. The molecule has 0 saturated carbocycles. The fourth-order valence-corrected chi connectivity index (χ4v) is 1.77. The fraction of sp³-hybridized carbons (Fsp3) is 0.429. The highest BCUT2D eigenvalue weighted by atomic mass is 19.4. The normalized spacial score (nSPS) is 13.4. The molecule has 0 heterocycles. The van der Waals surface area contributed by atoms with Crippen LogP contribution in [-0.2, 0) is 6.18 Å². The summed E-state index contributed by atoms with van der Waals surface area (Å²) < 4.78 is 37.3. The molecule has 18 heavy (non-hydrogen) atoms. The van der Waals surface area contributed by atoms with Crippen molar-refractivity contribution in [1.29, 1.82) is 0 Å². The maximum absolute atomic E-state index is 12.4. The Morgan fingerprint density at radius 2 is 1.83 bits per heavy atom. The zero-order chi connectivity index (χ0) is 13.8. The Balaban J connectivity index is 2.79. The predicted molar refractivity (Wildman–Crippen MR) is 67.3 cm³/mol. The van der Waals surface area contributed by atoms with Crippen molar-refractivity contribution in [3.8, 4) is 0 Å². The smallest absolute Gasteiger partial charge is 0.313 e. The van der Waals surface area contributed by atoms with E-state index in [4.69, 9.17) is 0 Å². The Labute approximate surface area is 106 Å². The van der Waals surface area contributed by atoms with Crippen molar-refractivity contribution < 1.29 is 13.2 Å². The lowest BCUT2D eigenvalue weighted by Gasteiger charge is -2.17. The molecule has 1 rings (SSSR count). The van der Waals surface area contributed by atoms with E-state index in [0.29, 0.717) is 0 Å². The van der Waals surface area contributed by atoms with Gasteiger partial charge in [0.15, 0.2) is 0 Å². The highest BCUT2D eigenvalue weighted by molar-refractivity contribution is 5.26. The van der Waals surface area contributed by atoms with E-state index in [2.05, 4.69) is 11.9 Å². The number of allylic oxidation sites excluding steroid dienone is 1.